The average molecular weight is 323 g/mol. The SMILES string of the molecule is CCOC(O)c1sc(N2CCOCC2)nc1Br. The van der Waals surface area contributed by atoms with Crippen molar-refractivity contribution in [3.63, 3.8) is 0 Å². The Balaban J connectivity index is 2.11. The predicted octanol–water partition coefficient (Wildman–Crippen LogP) is 1.77. The zero-order valence-corrected chi connectivity index (χ0v) is 12.0. The molecule has 1 aromatic heterocycles. The molecular formula is C10H15BrN2O3S. The first-order chi connectivity index (χ1) is 8.22. The smallest absolute Gasteiger partial charge is 0.193 e. The summed E-state index contributed by atoms with van der Waals surface area (Å²) in [5.74, 6) is 0. The Morgan fingerprint density at radius 2 is 2.29 bits per heavy atom. The highest BCUT2D eigenvalue weighted by Gasteiger charge is 2.21. The number of anilines is 1. The molecule has 2 heterocycles. The maximum absolute atomic E-state index is 9.79. The van der Waals surface area contributed by atoms with Gasteiger partial charge >= 0.3 is 0 Å². The van der Waals surface area contributed by atoms with Gasteiger partial charge in [-0.25, -0.2) is 4.98 Å². The van der Waals surface area contributed by atoms with Crippen molar-refractivity contribution in [3.05, 3.63) is 9.48 Å². The second-order valence-corrected chi connectivity index (χ2v) is 5.32. The van der Waals surface area contributed by atoms with Crippen molar-refractivity contribution in [2.45, 2.75) is 13.2 Å². The number of halogens is 1. The van der Waals surface area contributed by atoms with Crippen LogP contribution in [0.1, 0.15) is 18.1 Å². The van der Waals surface area contributed by atoms with Crippen LogP contribution < -0.4 is 4.90 Å². The summed E-state index contributed by atoms with van der Waals surface area (Å²) in [6, 6.07) is 0. The van der Waals surface area contributed by atoms with Gasteiger partial charge in [-0.3, -0.25) is 0 Å². The molecule has 17 heavy (non-hydrogen) atoms. The molecule has 0 saturated carbocycles. The number of hydrogen-bond acceptors (Lipinski definition) is 6. The summed E-state index contributed by atoms with van der Waals surface area (Å²) in [4.78, 5) is 7.27. The minimum Gasteiger partial charge on any atom is -0.378 e. The van der Waals surface area contributed by atoms with Gasteiger partial charge < -0.3 is 19.5 Å². The molecule has 0 amide bonds. The van der Waals surface area contributed by atoms with E-state index in [1.807, 2.05) is 6.92 Å². The fourth-order valence-corrected chi connectivity index (χ4v) is 3.25. The number of aromatic nitrogens is 1. The minimum absolute atomic E-state index is 0.471. The Labute approximate surface area is 112 Å². The zero-order valence-electron chi connectivity index (χ0n) is 9.56. The number of thiazole rings is 1. The Kier molecular flexibility index (Phi) is 4.75. The van der Waals surface area contributed by atoms with E-state index in [0.29, 0.717) is 16.1 Å². The third kappa shape index (κ3) is 3.17. The van der Waals surface area contributed by atoms with Gasteiger partial charge in [0.05, 0.1) is 18.1 Å². The van der Waals surface area contributed by atoms with Crippen LogP contribution in [0, 0.1) is 0 Å². The molecule has 0 aromatic carbocycles. The fourth-order valence-electron chi connectivity index (χ4n) is 1.58. The minimum atomic E-state index is -0.901. The van der Waals surface area contributed by atoms with Crippen LogP contribution >= 0.6 is 27.3 Å². The van der Waals surface area contributed by atoms with Gasteiger partial charge in [-0.15, -0.1) is 0 Å². The number of nitrogens with zero attached hydrogens (tertiary/aromatic N) is 2. The highest BCUT2D eigenvalue weighted by Crippen LogP contribution is 2.35. The number of morpholine rings is 1. The lowest BCUT2D eigenvalue weighted by Gasteiger charge is -2.26. The molecule has 0 radical (unpaired) electrons. The Bertz CT molecular complexity index is 368. The first kappa shape index (κ1) is 13.2. The van der Waals surface area contributed by atoms with Crippen LogP contribution in [-0.2, 0) is 9.47 Å². The van der Waals surface area contributed by atoms with Crippen molar-refractivity contribution in [2.75, 3.05) is 37.8 Å². The highest BCUT2D eigenvalue weighted by atomic mass is 79.9. The highest BCUT2D eigenvalue weighted by molar-refractivity contribution is 9.10. The first-order valence-corrected chi connectivity index (χ1v) is 7.12. The van der Waals surface area contributed by atoms with Crippen molar-refractivity contribution < 1.29 is 14.6 Å². The second-order valence-electron chi connectivity index (χ2n) is 3.56. The summed E-state index contributed by atoms with van der Waals surface area (Å²) < 4.78 is 11.1. The molecule has 0 bridgehead atoms. The number of aliphatic hydroxyl groups excluding tert-OH is 1. The third-order valence-electron chi connectivity index (χ3n) is 2.43. The van der Waals surface area contributed by atoms with Crippen LogP contribution in [-0.4, -0.2) is 43.0 Å². The summed E-state index contributed by atoms with van der Waals surface area (Å²) in [5.41, 5.74) is 0. The van der Waals surface area contributed by atoms with E-state index in [4.69, 9.17) is 9.47 Å². The van der Waals surface area contributed by atoms with Crippen molar-refractivity contribution in [3.8, 4) is 0 Å². The van der Waals surface area contributed by atoms with Gasteiger partial charge in [-0.05, 0) is 22.9 Å². The van der Waals surface area contributed by atoms with Gasteiger partial charge in [-0.2, -0.15) is 0 Å². The third-order valence-corrected chi connectivity index (χ3v) is 4.44. The monoisotopic (exact) mass is 322 g/mol. The molecule has 1 saturated heterocycles. The molecule has 1 unspecified atom stereocenters. The van der Waals surface area contributed by atoms with Gasteiger partial charge in [0.15, 0.2) is 11.4 Å². The number of ether oxygens (including phenoxy) is 2. The van der Waals surface area contributed by atoms with Crippen molar-refractivity contribution in [1.82, 2.24) is 4.98 Å². The van der Waals surface area contributed by atoms with Crippen molar-refractivity contribution in [2.24, 2.45) is 0 Å². The molecule has 5 nitrogen and oxygen atoms in total. The second kappa shape index (κ2) is 6.10. The zero-order chi connectivity index (χ0) is 12.3. The van der Waals surface area contributed by atoms with E-state index in [2.05, 4.69) is 25.8 Å². The van der Waals surface area contributed by atoms with Crippen LogP contribution in [0.15, 0.2) is 4.60 Å². The molecule has 1 aromatic rings. The largest absolute Gasteiger partial charge is 0.378 e. The molecule has 1 aliphatic rings. The van der Waals surface area contributed by atoms with Crippen molar-refractivity contribution in [1.29, 1.82) is 0 Å². The number of aliphatic hydroxyl groups is 1. The topological polar surface area (TPSA) is 54.8 Å². The summed E-state index contributed by atoms with van der Waals surface area (Å²) in [6.45, 7) is 5.44. The standard InChI is InChI=1S/C10H15BrN2O3S/c1-2-16-9(14)7-8(11)12-10(17-7)13-3-5-15-6-4-13/h9,14H,2-6H2,1H3. The number of hydrogen-bond donors (Lipinski definition) is 1. The molecular weight excluding hydrogens is 308 g/mol. The molecule has 1 N–H and O–H groups in total. The normalized spacial score (nSPS) is 18.4. The lowest BCUT2D eigenvalue weighted by atomic mass is 10.5. The van der Waals surface area contributed by atoms with E-state index in [9.17, 15) is 5.11 Å². The van der Waals surface area contributed by atoms with Crippen LogP contribution in [0.2, 0.25) is 0 Å². The molecule has 0 aliphatic carbocycles. The summed E-state index contributed by atoms with van der Waals surface area (Å²) in [5, 5.41) is 10.7. The molecule has 96 valence electrons. The maximum atomic E-state index is 9.79. The van der Waals surface area contributed by atoms with Gasteiger partial charge in [0, 0.05) is 19.7 Å². The van der Waals surface area contributed by atoms with E-state index >= 15 is 0 Å². The van der Waals surface area contributed by atoms with Crippen molar-refractivity contribution >= 4 is 32.4 Å². The number of rotatable bonds is 4. The van der Waals surface area contributed by atoms with Gasteiger partial charge in [0.1, 0.15) is 4.60 Å². The lowest BCUT2D eigenvalue weighted by Crippen LogP contribution is -2.36. The van der Waals surface area contributed by atoms with Crippen LogP contribution in [0.3, 0.4) is 0 Å². The molecule has 1 fully saturated rings. The predicted molar refractivity (Wildman–Crippen MR) is 69.4 cm³/mol. The maximum Gasteiger partial charge on any atom is 0.193 e. The summed E-state index contributed by atoms with van der Waals surface area (Å²) in [7, 11) is 0. The molecule has 1 atom stereocenters. The van der Waals surface area contributed by atoms with E-state index in [1.54, 1.807) is 0 Å². The Morgan fingerprint density at radius 3 is 2.94 bits per heavy atom. The summed E-state index contributed by atoms with van der Waals surface area (Å²) >= 11 is 4.81. The van der Waals surface area contributed by atoms with Gasteiger partial charge in [-0.1, -0.05) is 11.3 Å². The van der Waals surface area contributed by atoms with E-state index in [0.717, 1.165) is 31.4 Å². The molecule has 2 rings (SSSR count). The van der Waals surface area contributed by atoms with Crippen LogP contribution in [0.4, 0.5) is 5.13 Å². The van der Waals surface area contributed by atoms with E-state index in [1.165, 1.54) is 11.3 Å². The van der Waals surface area contributed by atoms with Gasteiger partial charge in [0.2, 0.25) is 0 Å². The average Bonchev–Trinajstić information content (AvgIpc) is 2.73. The van der Waals surface area contributed by atoms with Gasteiger partial charge in [0.25, 0.3) is 0 Å². The summed E-state index contributed by atoms with van der Waals surface area (Å²) in [6.07, 6.45) is -0.901. The Hall–Kier alpha value is -0.210. The van der Waals surface area contributed by atoms with E-state index < -0.39 is 6.29 Å². The molecule has 1 aliphatic heterocycles. The first-order valence-electron chi connectivity index (χ1n) is 5.51. The molecule has 7 heteroatoms. The Morgan fingerprint density at radius 1 is 1.59 bits per heavy atom. The van der Waals surface area contributed by atoms with E-state index in [-0.39, 0.29) is 0 Å². The van der Waals surface area contributed by atoms with Crippen LogP contribution in [0.25, 0.3) is 0 Å². The lowest BCUT2D eigenvalue weighted by molar-refractivity contribution is -0.0960. The fraction of sp³-hybridized carbons (Fsp3) is 0.700. The molecule has 0 spiro atoms. The van der Waals surface area contributed by atoms with Crippen LogP contribution in [0.5, 0.6) is 0 Å². The quantitative estimate of drug-likeness (QED) is 0.856.